The Kier molecular flexibility index (Phi) is 5.78. The van der Waals surface area contributed by atoms with Crippen molar-refractivity contribution in [2.45, 2.75) is 32.2 Å². The molecule has 0 aromatic heterocycles. The molecule has 0 saturated carbocycles. The monoisotopic (exact) mass is 160 g/mol. The van der Waals surface area contributed by atoms with Gasteiger partial charge < -0.3 is 5.73 Å². The molecular formula is C7H16N2O2. The largest absolute Gasteiger partial charge is 0.327 e. The highest BCUT2D eigenvalue weighted by molar-refractivity contribution is 5.75. The summed E-state index contributed by atoms with van der Waals surface area (Å²) >= 11 is 0. The minimum atomic E-state index is -0.159. The lowest BCUT2D eigenvalue weighted by atomic mass is 10.1. The van der Waals surface area contributed by atoms with Gasteiger partial charge in [0, 0.05) is 12.5 Å². The van der Waals surface area contributed by atoms with Gasteiger partial charge in [-0.2, -0.15) is 0 Å². The number of nitrogens with one attached hydrogen (secondary N) is 1. The van der Waals surface area contributed by atoms with E-state index in [4.69, 9.17) is 5.73 Å². The van der Waals surface area contributed by atoms with E-state index >= 15 is 0 Å². The third-order valence-corrected chi connectivity index (χ3v) is 1.32. The number of carbonyl (C=O) groups excluding carboxylic acids is 1. The number of nitrogens with two attached hydrogens (primary N) is 1. The Balaban J connectivity index is 3.40. The summed E-state index contributed by atoms with van der Waals surface area (Å²) in [7, 11) is 1.41. The average Bonchev–Trinajstić information content (AvgIpc) is 1.87. The van der Waals surface area contributed by atoms with Crippen molar-refractivity contribution in [1.82, 2.24) is 5.48 Å². The predicted octanol–water partition coefficient (Wildman–Crippen LogP) is 0.182. The van der Waals surface area contributed by atoms with Gasteiger partial charge in [-0.25, -0.2) is 5.48 Å². The van der Waals surface area contributed by atoms with Gasteiger partial charge in [0.15, 0.2) is 0 Å². The van der Waals surface area contributed by atoms with Crippen molar-refractivity contribution in [2.24, 2.45) is 5.73 Å². The summed E-state index contributed by atoms with van der Waals surface area (Å²) in [5.41, 5.74) is 7.81. The van der Waals surface area contributed by atoms with E-state index in [1.807, 2.05) is 6.92 Å². The van der Waals surface area contributed by atoms with E-state index in [0.29, 0.717) is 6.42 Å². The van der Waals surface area contributed by atoms with Crippen molar-refractivity contribution in [2.75, 3.05) is 7.11 Å². The lowest BCUT2D eigenvalue weighted by Gasteiger charge is -2.08. The minimum absolute atomic E-state index is 0.0462. The first kappa shape index (κ1) is 10.4. The van der Waals surface area contributed by atoms with Crippen LogP contribution < -0.4 is 11.2 Å². The van der Waals surface area contributed by atoms with Gasteiger partial charge >= 0.3 is 0 Å². The van der Waals surface area contributed by atoms with E-state index in [9.17, 15) is 4.79 Å². The van der Waals surface area contributed by atoms with Crippen molar-refractivity contribution in [3.05, 3.63) is 0 Å². The van der Waals surface area contributed by atoms with E-state index in [2.05, 4.69) is 10.3 Å². The molecule has 1 unspecified atom stereocenters. The molecule has 0 aliphatic rings. The molecule has 0 bridgehead atoms. The predicted molar refractivity (Wildman–Crippen MR) is 42.7 cm³/mol. The van der Waals surface area contributed by atoms with Crippen LogP contribution in [-0.4, -0.2) is 19.1 Å². The van der Waals surface area contributed by atoms with Crippen molar-refractivity contribution in [1.29, 1.82) is 0 Å². The fourth-order valence-electron chi connectivity index (χ4n) is 0.866. The molecule has 0 aromatic carbocycles. The van der Waals surface area contributed by atoms with Crippen LogP contribution in [0.15, 0.2) is 0 Å². The Bertz CT molecular complexity index is 117. The zero-order valence-corrected chi connectivity index (χ0v) is 7.09. The molecule has 0 radical (unpaired) electrons. The maximum absolute atomic E-state index is 10.8. The van der Waals surface area contributed by atoms with Crippen LogP contribution in [0.2, 0.25) is 0 Å². The third kappa shape index (κ3) is 5.82. The molecule has 3 N–H and O–H groups in total. The molecule has 0 rings (SSSR count). The van der Waals surface area contributed by atoms with Crippen molar-refractivity contribution in [3.63, 3.8) is 0 Å². The first-order valence-corrected chi connectivity index (χ1v) is 3.78. The van der Waals surface area contributed by atoms with Gasteiger partial charge in [-0.05, 0) is 6.42 Å². The quantitative estimate of drug-likeness (QED) is 0.564. The molecule has 0 aliphatic carbocycles. The number of hydrogen-bond donors (Lipinski definition) is 2. The average molecular weight is 160 g/mol. The number of amides is 1. The molecule has 0 spiro atoms. The molecule has 0 saturated heterocycles. The van der Waals surface area contributed by atoms with E-state index < -0.39 is 0 Å². The third-order valence-electron chi connectivity index (χ3n) is 1.32. The summed E-state index contributed by atoms with van der Waals surface area (Å²) < 4.78 is 0. The van der Waals surface area contributed by atoms with Crippen LogP contribution in [0.3, 0.4) is 0 Å². The number of rotatable bonds is 5. The summed E-state index contributed by atoms with van der Waals surface area (Å²) in [5.74, 6) is -0.159. The summed E-state index contributed by atoms with van der Waals surface area (Å²) in [6.07, 6.45) is 2.21. The van der Waals surface area contributed by atoms with Crippen molar-refractivity contribution < 1.29 is 9.63 Å². The van der Waals surface area contributed by atoms with Gasteiger partial charge in [0.25, 0.3) is 0 Å². The molecule has 4 nitrogen and oxygen atoms in total. The lowest BCUT2D eigenvalue weighted by molar-refractivity contribution is -0.131. The van der Waals surface area contributed by atoms with Crippen LogP contribution in [0.1, 0.15) is 26.2 Å². The van der Waals surface area contributed by atoms with Crippen molar-refractivity contribution >= 4 is 5.91 Å². The van der Waals surface area contributed by atoms with Gasteiger partial charge in [-0.15, -0.1) is 0 Å². The first-order chi connectivity index (χ1) is 5.20. The van der Waals surface area contributed by atoms with Crippen LogP contribution in [0, 0.1) is 0 Å². The second kappa shape index (κ2) is 6.12. The Hall–Kier alpha value is -0.610. The minimum Gasteiger partial charge on any atom is -0.327 e. The summed E-state index contributed by atoms with van der Waals surface area (Å²) in [4.78, 5) is 15.2. The van der Waals surface area contributed by atoms with E-state index in [-0.39, 0.29) is 11.9 Å². The number of hydroxylamine groups is 1. The van der Waals surface area contributed by atoms with Crippen LogP contribution in [0.25, 0.3) is 0 Å². The highest BCUT2D eigenvalue weighted by Crippen LogP contribution is 1.97. The Morgan fingerprint density at radius 2 is 2.36 bits per heavy atom. The van der Waals surface area contributed by atoms with E-state index in [0.717, 1.165) is 12.8 Å². The first-order valence-electron chi connectivity index (χ1n) is 3.78. The molecule has 0 aliphatic heterocycles. The topological polar surface area (TPSA) is 64.4 Å². The molecule has 66 valence electrons. The standard InChI is InChI=1S/C7H16N2O2/c1-3-4-6(8)5-7(10)9-11-2/h6H,3-5,8H2,1-2H3,(H,9,10). The number of carbonyl (C=O) groups is 1. The maximum atomic E-state index is 10.8. The highest BCUT2D eigenvalue weighted by Gasteiger charge is 2.07. The normalized spacial score (nSPS) is 12.6. The molecular weight excluding hydrogens is 144 g/mol. The summed E-state index contributed by atoms with van der Waals surface area (Å²) in [6.45, 7) is 2.04. The van der Waals surface area contributed by atoms with Crippen LogP contribution in [0.4, 0.5) is 0 Å². The molecule has 0 aromatic rings. The zero-order chi connectivity index (χ0) is 8.69. The smallest absolute Gasteiger partial charge is 0.245 e. The maximum Gasteiger partial charge on any atom is 0.245 e. The van der Waals surface area contributed by atoms with Crippen molar-refractivity contribution in [3.8, 4) is 0 Å². The summed E-state index contributed by atoms with van der Waals surface area (Å²) in [5, 5.41) is 0. The lowest BCUT2D eigenvalue weighted by Crippen LogP contribution is -2.30. The molecule has 11 heavy (non-hydrogen) atoms. The molecule has 0 heterocycles. The Morgan fingerprint density at radius 3 is 2.82 bits per heavy atom. The number of hydrogen-bond acceptors (Lipinski definition) is 3. The second-order valence-corrected chi connectivity index (χ2v) is 2.48. The highest BCUT2D eigenvalue weighted by atomic mass is 16.6. The van der Waals surface area contributed by atoms with E-state index in [1.54, 1.807) is 0 Å². The van der Waals surface area contributed by atoms with Gasteiger partial charge in [0.05, 0.1) is 7.11 Å². The van der Waals surface area contributed by atoms with Gasteiger partial charge in [-0.3, -0.25) is 9.63 Å². The zero-order valence-electron chi connectivity index (χ0n) is 7.09. The fraction of sp³-hybridized carbons (Fsp3) is 0.857. The Morgan fingerprint density at radius 1 is 1.73 bits per heavy atom. The second-order valence-electron chi connectivity index (χ2n) is 2.48. The van der Waals surface area contributed by atoms with E-state index in [1.165, 1.54) is 7.11 Å². The van der Waals surface area contributed by atoms with Crippen LogP contribution in [0.5, 0.6) is 0 Å². The summed E-state index contributed by atoms with van der Waals surface area (Å²) in [6, 6.07) is -0.0462. The molecule has 4 heteroatoms. The van der Waals surface area contributed by atoms with Crippen LogP contribution in [-0.2, 0) is 9.63 Å². The molecule has 0 fully saturated rings. The van der Waals surface area contributed by atoms with Gasteiger partial charge in [0.2, 0.25) is 5.91 Å². The molecule has 1 atom stereocenters. The van der Waals surface area contributed by atoms with Crippen LogP contribution >= 0.6 is 0 Å². The SMILES string of the molecule is CCCC(N)CC(=O)NOC. The Labute approximate surface area is 67.0 Å². The van der Waals surface area contributed by atoms with Gasteiger partial charge in [0.1, 0.15) is 0 Å². The van der Waals surface area contributed by atoms with Gasteiger partial charge in [-0.1, -0.05) is 13.3 Å². The fourth-order valence-corrected chi connectivity index (χ4v) is 0.866. The molecule has 1 amide bonds.